The summed E-state index contributed by atoms with van der Waals surface area (Å²) in [6.07, 6.45) is 3.47. The molecule has 1 unspecified atom stereocenters. The van der Waals surface area contributed by atoms with Gasteiger partial charge < -0.3 is 45.2 Å². The molecule has 0 radical (unpaired) electrons. The second-order valence-electron chi connectivity index (χ2n) is 15.5. The summed E-state index contributed by atoms with van der Waals surface area (Å²) in [7, 11) is -9.92. The zero-order chi connectivity index (χ0) is 53.8. The monoisotopic (exact) mass is 1130 g/mol. The minimum Gasteiger partial charge on any atom is -0.872 e. The molecule has 1 atom stereocenters. The first-order valence-electron chi connectivity index (χ1n) is 20.7. The number of ketones is 3. The van der Waals surface area contributed by atoms with E-state index in [1.165, 1.54) is 24.3 Å². The van der Waals surface area contributed by atoms with Crippen molar-refractivity contribution in [3.05, 3.63) is 153 Å². The van der Waals surface area contributed by atoms with Crippen LogP contribution in [0.15, 0.2) is 146 Å². The van der Waals surface area contributed by atoms with Crippen molar-refractivity contribution < 1.29 is 194 Å². The molecule has 0 bridgehead atoms. The molecule has 2 aliphatic rings. The number of nitrogens with zero attached hydrogens (tertiary/aromatic N) is 4. The number of nitrogens with one attached hydrogen (secondary N) is 4. The molecule has 0 heterocycles. The minimum absolute atomic E-state index is 0. The summed E-state index contributed by atoms with van der Waals surface area (Å²) in [5.74, 6) is -10.1. The van der Waals surface area contributed by atoms with Crippen LogP contribution in [0.2, 0.25) is 0 Å². The van der Waals surface area contributed by atoms with E-state index in [0.29, 0.717) is 5.69 Å². The number of azo groups is 1. The zero-order valence-corrected chi connectivity index (χ0v) is 51.0. The first kappa shape index (κ1) is 66.4. The molecule has 25 nitrogen and oxygen atoms in total. The van der Waals surface area contributed by atoms with Gasteiger partial charge in [-0.1, -0.05) is 42.1 Å². The van der Waals surface area contributed by atoms with Crippen LogP contribution in [0.4, 0.5) is 34.1 Å². The van der Waals surface area contributed by atoms with Crippen molar-refractivity contribution in [2.24, 2.45) is 25.6 Å². The quantitative estimate of drug-likeness (QED) is 0.0126. The van der Waals surface area contributed by atoms with E-state index in [4.69, 9.17) is 5.14 Å². The number of rotatable bonds is 17. The number of aromatic carboxylic acids is 3. The van der Waals surface area contributed by atoms with Crippen LogP contribution in [0.5, 0.6) is 5.75 Å². The van der Waals surface area contributed by atoms with Gasteiger partial charge in [0, 0.05) is 33.6 Å². The molecule has 78 heavy (non-hydrogen) atoms. The van der Waals surface area contributed by atoms with E-state index in [9.17, 15) is 75.4 Å². The van der Waals surface area contributed by atoms with Gasteiger partial charge in [0.15, 0.2) is 5.78 Å². The fourth-order valence-electron chi connectivity index (χ4n) is 6.98. The van der Waals surface area contributed by atoms with Gasteiger partial charge in [0.1, 0.15) is 21.5 Å². The number of fused-ring (bicyclic) bond motifs is 1. The van der Waals surface area contributed by atoms with Gasteiger partial charge in [0.2, 0.25) is 27.6 Å². The number of allylic oxidation sites excluding steroid dienone is 4. The third kappa shape index (κ3) is 15.7. The average molecular weight is 1130 g/mol. The van der Waals surface area contributed by atoms with Gasteiger partial charge in [-0.15, -0.1) is 0 Å². The Kier molecular flexibility index (Phi) is 23.7. The molecule has 31 heteroatoms. The number of hydrogen-bond acceptors (Lipinski definition) is 22. The first-order valence-corrected chi connectivity index (χ1v) is 23.7. The predicted molar refractivity (Wildman–Crippen MR) is 257 cm³/mol. The fraction of sp³-hybridized carbons (Fsp3) is 0.0426. The third-order valence-corrected chi connectivity index (χ3v) is 12.3. The normalized spacial score (nSPS) is 14.2. The zero-order valence-electron chi connectivity index (χ0n) is 41.4. The van der Waals surface area contributed by atoms with Crippen LogP contribution in [0.25, 0.3) is 17.2 Å². The number of para-hydroxylation sites is 1. The van der Waals surface area contributed by atoms with E-state index < -0.39 is 122 Å². The Labute approximate surface area is 530 Å². The molecule has 5 aromatic carbocycles. The minimum atomic E-state index is -5.61. The molecule has 2 aliphatic carbocycles. The molecule has 0 saturated carbocycles. The molecule has 0 spiro atoms. The largest absolute Gasteiger partial charge is 1.00 e. The molecule has 5 aromatic rings. The number of anilines is 5. The van der Waals surface area contributed by atoms with E-state index in [1.807, 2.05) is 0 Å². The van der Waals surface area contributed by atoms with E-state index in [0.717, 1.165) is 73.7 Å². The van der Waals surface area contributed by atoms with Crippen LogP contribution in [0.3, 0.4) is 0 Å². The Hall–Kier alpha value is -5.83. The molecule has 7 rings (SSSR count). The molecule has 7 N–H and O–H groups in total. The number of sulfonamides is 1. The van der Waals surface area contributed by atoms with Crippen molar-refractivity contribution in [2.75, 3.05) is 21.5 Å². The van der Waals surface area contributed by atoms with E-state index in [2.05, 4.69) is 41.9 Å². The Morgan fingerprint density at radius 2 is 1.33 bits per heavy atom. The van der Waals surface area contributed by atoms with Gasteiger partial charge >= 0.3 is 124 Å². The second-order valence-corrected chi connectivity index (χ2v) is 18.4. The Morgan fingerprint density at radius 1 is 0.705 bits per heavy atom. The van der Waals surface area contributed by atoms with Crippen molar-refractivity contribution in [3.63, 3.8) is 0 Å². The molecular formula is C47H31N9Na4O16S2. The number of carboxylic acids is 3. The SMILES string of the molecule is CC(=O)C(N=Nc1ccc(-c2ccc(N/N=C3/C(=O)c4ccc(Nc5ccccc5)c(N/N=C5/C=C(S(N)(=O)=O)C=CC5=O)c4C=C3S(=O)(=O)[O-])c(C(=O)[O-])c2)cc1C(=O)[O-])C(=O)Nc1ccc([O-])c(C(=O)O)c1.[Na+].[Na+].[Na+].[Na+]. The van der Waals surface area contributed by atoms with Crippen molar-refractivity contribution in [3.8, 4) is 16.9 Å². The van der Waals surface area contributed by atoms with Crippen molar-refractivity contribution in [1.29, 1.82) is 0 Å². The average Bonchev–Trinajstić information content (AvgIpc) is 3.33. The van der Waals surface area contributed by atoms with Crippen molar-refractivity contribution in [2.45, 2.75) is 13.0 Å². The van der Waals surface area contributed by atoms with Crippen LogP contribution in [-0.2, 0) is 34.5 Å². The van der Waals surface area contributed by atoms with Gasteiger partial charge in [-0.05, 0) is 103 Å². The molecule has 0 fully saturated rings. The molecule has 0 aliphatic heterocycles. The molecule has 0 saturated heterocycles. The smallest absolute Gasteiger partial charge is 0.872 e. The first-order chi connectivity index (χ1) is 34.9. The molecule has 1 amide bonds. The number of nitrogens with two attached hydrogens (primary N) is 1. The summed E-state index contributed by atoms with van der Waals surface area (Å²) in [6, 6.07) is 18.4. The van der Waals surface area contributed by atoms with Crippen LogP contribution in [0.1, 0.15) is 53.9 Å². The maximum absolute atomic E-state index is 14.2. The van der Waals surface area contributed by atoms with E-state index >= 15 is 0 Å². The van der Waals surface area contributed by atoms with Gasteiger partial charge in [-0.2, -0.15) is 20.4 Å². The number of carboxylic acid groups (broad SMARTS) is 3. The van der Waals surface area contributed by atoms with Gasteiger partial charge in [0.25, 0.3) is 5.91 Å². The topological polar surface area (TPSA) is 424 Å². The predicted octanol–water partition coefficient (Wildman–Crippen LogP) is -10.1. The third-order valence-electron chi connectivity index (χ3n) is 10.6. The van der Waals surface area contributed by atoms with Crippen molar-refractivity contribution in [1.82, 2.24) is 0 Å². The maximum atomic E-state index is 14.2. The standard InChI is InChI=1S/C47H35N9O16S2.4Na/c1-22(57)40(44(61)50-26-9-15-37(58)32(19-26)47(66)67)54-51-33-12-7-23(17-30(33)45(62)63)24-8-13-34(31(18-24)46(64)65)52-56-42-39(74(70,71)72)21-29-28(43(42)60)11-14-35(49-25-5-3-2-4-6-25)41(29)55-53-36-20-27(73(48,68)69)10-16-38(36)59;;;;/h2-21,40,49,52,55,58H,1H3,(H,50,61)(H,62,63)(H,64,65)(H,66,67)(H2,48,68,69)(H,70,71,72);;;;/q;4*+1/p-4/b53-36-,54-51?,56-42+;;;;. The summed E-state index contributed by atoms with van der Waals surface area (Å²) in [6.45, 7) is 0.965. The van der Waals surface area contributed by atoms with Crippen LogP contribution in [-0.4, -0.2) is 85.1 Å². The summed E-state index contributed by atoms with van der Waals surface area (Å²) >= 11 is 0. The summed E-state index contributed by atoms with van der Waals surface area (Å²) in [5.41, 5.74) is 0.144. The number of hydrogen-bond donors (Lipinski definition) is 6. The number of carbonyl (C=O) groups is 7. The van der Waals surface area contributed by atoms with E-state index in [-0.39, 0.29) is 158 Å². The van der Waals surface area contributed by atoms with Gasteiger partial charge in [-0.25, -0.2) is 26.8 Å². The Balaban J connectivity index is 0.00000400. The van der Waals surface area contributed by atoms with E-state index in [1.54, 1.807) is 30.3 Å². The molecular weight excluding hydrogens is 1100 g/mol. The summed E-state index contributed by atoms with van der Waals surface area (Å²) < 4.78 is 62.6. The molecule has 0 aromatic heterocycles. The van der Waals surface area contributed by atoms with Gasteiger partial charge in [0.05, 0.1) is 50.1 Å². The molecule has 376 valence electrons. The summed E-state index contributed by atoms with van der Waals surface area (Å²) in [4.78, 5) is 86.7. The maximum Gasteiger partial charge on any atom is 1.00 e. The van der Waals surface area contributed by atoms with Gasteiger partial charge in [-0.3, -0.25) is 30.0 Å². The second kappa shape index (κ2) is 27.9. The number of Topliss-reactive ketones (excluding diaryl/α,β-unsaturated/α-hetero) is 2. The van der Waals surface area contributed by atoms with Crippen LogP contribution in [0, 0.1) is 0 Å². The number of primary sulfonamides is 1. The number of benzene rings is 5. The van der Waals surface area contributed by atoms with Crippen LogP contribution < -0.4 is 160 Å². The Morgan fingerprint density at radius 3 is 1.94 bits per heavy atom. The Bertz CT molecular complexity index is 3740. The number of carbonyl (C=O) groups excluding carboxylic acids is 6. The van der Waals surface area contributed by atoms with Crippen molar-refractivity contribution >= 4 is 113 Å². The number of hydrazone groups is 2. The van der Waals surface area contributed by atoms with Crippen LogP contribution >= 0.6 is 0 Å². The number of amides is 1. The fourth-order valence-corrected chi connectivity index (χ4v) is 8.15. The summed E-state index contributed by atoms with van der Waals surface area (Å²) in [5, 5.41) is 71.6.